The average molecular weight is 401 g/mol. The number of carbonyl (C=O) groups is 4. The van der Waals surface area contributed by atoms with Gasteiger partial charge < -0.3 is 14.4 Å². The maximum atomic E-state index is 12.4. The first-order chi connectivity index (χ1) is 13.6. The van der Waals surface area contributed by atoms with Crippen LogP contribution in [0.5, 0.6) is 0 Å². The highest BCUT2D eigenvalue weighted by atomic mass is 16.7. The van der Waals surface area contributed by atoms with Crippen molar-refractivity contribution in [2.24, 2.45) is 5.16 Å². The van der Waals surface area contributed by atoms with Crippen molar-refractivity contribution in [1.82, 2.24) is 9.96 Å². The smallest absolute Gasteiger partial charge is 0.410 e. The van der Waals surface area contributed by atoms with Crippen molar-refractivity contribution in [3.63, 3.8) is 0 Å². The third kappa shape index (κ3) is 3.30. The standard InChI is InChI=1S/C19H19N3O7/c1-18(2,3)27-17(26)21-9-19(10-21)8-13(20-29-19)16(25)28-22-14(23)11-6-4-5-7-12(11)15(22)24/h4-7H,8-10H2,1-3H3. The van der Waals surface area contributed by atoms with Crippen molar-refractivity contribution in [1.29, 1.82) is 0 Å². The lowest BCUT2D eigenvalue weighted by atomic mass is 9.89. The molecular formula is C19H19N3O7. The summed E-state index contributed by atoms with van der Waals surface area (Å²) in [7, 11) is 0. The number of oxime groups is 1. The van der Waals surface area contributed by atoms with Crippen molar-refractivity contribution in [2.45, 2.75) is 38.4 Å². The van der Waals surface area contributed by atoms with Crippen LogP contribution in [0.15, 0.2) is 29.4 Å². The van der Waals surface area contributed by atoms with Crippen molar-refractivity contribution in [2.75, 3.05) is 13.1 Å². The first kappa shape index (κ1) is 18.9. The van der Waals surface area contributed by atoms with E-state index in [1.165, 1.54) is 17.0 Å². The molecule has 1 spiro atoms. The molecule has 3 aliphatic rings. The Bertz CT molecular complexity index is 922. The van der Waals surface area contributed by atoms with Gasteiger partial charge in [-0.15, -0.1) is 0 Å². The number of fused-ring (bicyclic) bond motifs is 1. The van der Waals surface area contributed by atoms with Crippen molar-refractivity contribution in [3.05, 3.63) is 35.4 Å². The van der Waals surface area contributed by atoms with Gasteiger partial charge in [-0.1, -0.05) is 22.4 Å². The van der Waals surface area contributed by atoms with E-state index in [2.05, 4.69) is 5.16 Å². The monoisotopic (exact) mass is 401 g/mol. The minimum absolute atomic E-state index is 0.0644. The molecular weight excluding hydrogens is 382 g/mol. The summed E-state index contributed by atoms with van der Waals surface area (Å²) in [5, 5.41) is 4.16. The maximum Gasteiger partial charge on any atom is 0.410 e. The van der Waals surface area contributed by atoms with E-state index in [-0.39, 0.29) is 36.3 Å². The Morgan fingerprint density at radius 1 is 1.10 bits per heavy atom. The molecule has 3 heterocycles. The van der Waals surface area contributed by atoms with Gasteiger partial charge in [-0.05, 0) is 32.9 Å². The molecule has 10 heteroatoms. The average Bonchev–Trinajstić information content (AvgIpc) is 3.16. The van der Waals surface area contributed by atoms with Crippen LogP contribution < -0.4 is 0 Å². The SMILES string of the molecule is CC(C)(C)OC(=O)N1CC2(CC(C(=O)ON3C(=O)c4ccccc4C3=O)=NO2)C1. The first-order valence-corrected chi connectivity index (χ1v) is 9.02. The van der Waals surface area contributed by atoms with E-state index in [1.807, 2.05) is 0 Å². The van der Waals surface area contributed by atoms with Crippen LogP contribution in [0.4, 0.5) is 4.79 Å². The van der Waals surface area contributed by atoms with E-state index in [0.717, 1.165) is 0 Å². The van der Waals surface area contributed by atoms with Crippen LogP contribution in [-0.4, -0.2) is 63.8 Å². The minimum atomic E-state index is -0.952. The van der Waals surface area contributed by atoms with Crippen LogP contribution >= 0.6 is 0 Å². The number of ether oxygens (including phenoxy) is 1. The molecule has 3 aliphatic heterocycles. The molecule has 152 valence electrons. The van der Waals surface area contributed by atoms with E-state index in [0.29, 0.717) is 5.06 Å². The normalized spacial score (nSPS) is 19.5. The number of imide groups is 1. The molecule has 4 rings (SSSR count). The lowest BCUT2D eigenvalue weighted by Crippen LogP contribution is -2.64. The zero-order valence-corrected chi connectivity index (χ0v) is 16.1. The van der Waals surface area contributed by atoms with Crippen molar-refractivity contribution in [3.8, 4) is 0 Å². The number of hydrogen-bond donors (Lipinski definition) is 0. The summed E-state index contributed by atoms with van der Waals surface area (Å²) in [6.45, 7) is 5.71. The Kier molecular flexibility index (Phi) is 4.10. The van der Waals surface area contributed by atoms with Gasteiger partial charge in [0.05, 0.1) is 24.2 Å². The Balaban J connectivity index is 1.34. The molecule has 0 unspecified atom stereocenters. The fraction of sp³-hybridized carbons (Fsp3) is 0.421. The van der Waals surface area contributed by atoms with Crippen molar-refractivity contribution >= 4 is 29.6 Å². The molecule has 1 aromatic carbocycles. The summed E-state index contributed by atoms with van der Waals surface area (Å²) < 4.78 is 5.28. The number of likely N-dealkylation sites (tertiary alicyclic amines) is 1. The van der Waals surface area contributed by atoms with E-state index in [4.69, 9.17) is 14.4 Å². The van der Waals surface area contributed by atoms with Crippen LogP contribution in [0.25, 0.3) is 0 Å². The summed E-state index contributed by atoms with van der Waals surface area (Å²) in [6, 6.07) is 6.18. The van der Waals surface area contributed by atoms with E-state index < -0.39 is 35.1 Å². The number of nitrogens with zero attached hydrogens (tertiary/aromatic N) is 3. The highest BCUT2D eigenvalue weighted by molar-refractivity contribution is 6.37. The second-order valence-corrected chi connectivity index (χ2v) is 8.15. The molecule has 0 radical (unpaired) electrons. The number of hydroxylamine groups is 2. The third-order valence-corrected chi connectivity index (χ3v) is 4.62. The number of amides is 3. The lowest BCUT2D eigenvalue weighted by molar-refractivity contribution is -0.159. The molecule has 29 heavy (non-hydrogen) atoms. The van der Waals surface area contributed by atoms with Gasteiger partial charge >= 0.3 is 12.1 Å². The van der Waals surface area contributed by atoms with Gasteiger partial charge in [0, 0.05) is 6.42 Å². The molecule has 1 aromatic rings. The Hall–Kier alpha value is -3.43. The molecule has 0 saturated carbocycles. The molecule has 1 fully saturated rings. The van der Waals surface area contributed by atoms with Crippen LogP contribution in [0.2, 0.25) is 0 Å². The highest BCUT2D eigenvalue weighted by Crippen LogP contribution is 2.35. The predicted octanol–water partition coefficient (Wildman–Crippen LogP) is 1.51. The maximum absolute atomic E-state index is 12.4. The predicted molar refractivity (Wildman–Crippen MR) is 96.7 cm³/mol. The minimum Gasteiger partial charge on any atom is -0.444 e. The second-order valence-electron chi connectivity index (χ2n) is 8.15. The number of hydrogen-bond acceptors (Lipinski definition) is 8. The van der Waals surface area contributed by atoms with Gasteiger partial charge in [-0.2, -0.15) is 0 Å². The lowest BCUT2D eigenvalue weighted by Gasteiger charge is -2.45. The van der Waals surface area contributed by atoms with E-state index in [9.17, 15) is 19.2 Å². The Labute approximate surface area is 165 Å². The second kappa shape index (κ2) is 6.29. The van der Waals surface area contributed by atoms with Crippen LogP contribution in [0.1, 0.15) is 47.9 Å². The summed E-state index contributed by atoms with van der Waals surface area (Å²) in [5.41, 5.74) is -1.18. The topological polar surface area (TPSA) is 115 Å². The van der Waals surface area contributed by atoms with Gasteiger partial charge in [0.2, 0.25) is 0 Å². The number of carbonyl (C=O) groups excluding carboxylic acids is 4. The van der Waals surface area contributed by atoms with E-state index in [1.54, 1.807) is 32.9 Å². The summed E-state index contributed by atoms with van der Waals surface area (Å²) in [4.78, 5) is 60.8. The van der Waals surface area contributed by atoms with Gasteiger partial charge in [0.15, 0.2) is 11.3 Å². The fourth-order valence-corrected chi connectivity index (χ4v) is 3.29. The summed E-state index contributed by atoms with van der Waals surface area (Å²) >= 11 is 0. The highest BCUT2D eigenvalue weighted by Gasteiger charge is 2.54. The third-order valence-electron chi connectivity index (χ3n) is 4.62. The molecule has 0 aliphatic carbocycles. The molecule has 0 aromatic heterocycles. The molecule has 1 saturated heterocycles. The first-order valence-electron chi connectivity index (χ1n) is 9.02. The summed E-state index contributed by atoms with van der Waals surface area (Å²) in [6.07, 6.45) is -0.386. The molecule has 3 amide bonds. The van der Waals surface area contributed by atoms with Crippen molar-refractivity contribution < 1.29 is 33.6 Å². The largest absolute Gasteiger partial charge is 0.444 e. The van der Waals surface area contributed by atoms with E-state index >= 15 is 0 Å². The molecule has 0 atom stereocenters. The Morgan fingerprint density at radius 3 is 2.24 bits per heavy atom. The molecule has 0 bridgehead atoms. The molecule has 0 N–H and O–H groups in total. The Morgan fingerprint density at radius 2 is 1.69 bits per heavy atom. The quantitative estimate of drug-likeness (QED) is 0.690. The number of rotatable bonds is 2. The summed E-state index contributed by atoms with van der Waals surface area (Å²) in [5.74, 6) is -2.38. The molecule has 10 nitrogen and oxygen atoms in total. The zero-order valence-electron chi connectivity index (χ0n) is 16.1. The van der Waals surface area contributed by atoms with Gasteiger partial charge in [0.25, 0.3) is 11.8 Å². The fourth-order valence-electron chi connectivity index (χ4n) is 3.29. The van der Waals surface area contributed by atoms with Crippen LogP contribution in [0, 0.1) is 0 Å². The zero-order chi connectivity index (χ0) is 21.0. The van der Waals surface area contributed by atoms with Crippen LogP contribution in [-0.2, 0) is 19.2 Å². The van der Waals surface area contributed by atoms with Gasteiger partial charge in [0.1, 0.15) is 5.60 Å². The van der Waals surface area contributed by atoms with Gasteiger partial charge in [-0.25, -0.2) is 9.59 Å². The number of benzene rings is 1. The van der Waals surface area contributed by atoms with Crippen LogP contribution in [0.3, 0.4) is 0 Å². The van der Waals surface area contributed by atoms with Gasteiger partial charge in [-0.3, -0.25) is 14.5 Å².